The van der Waals surface area contributed by atoms with Gasteiger partial charge in [0.2, 0.25) is 0 Å². The molecule has 0 saturated carbocycles. The number of nitrogens with zero attached hydrogens (tertiary/aromatic N) is 1. The Morgan fingerprint density at radius 3 is 2.65 bits per heavy atom. The van der Waals surface area contributed by atoms with Crippen LogP contribution in [-0.4, -0.2) is 5.78 Å². The zero-order chi connectivity index (χ0) is 13.0. The Kier molecular flexibility index (Phi) is 5.06. The molecule has 1 atom stereocenters. The second-order valence-electron chi connectivity index (χ2n) is 4.30. The van der Waals surface area contributed by atoms with Crippen LogP contribution in [0, 0.1) is 32.6 Å². The van der Waals surface area contributed by atoms with Crippen LogP contribution in [0.2, 0.25) is 0 Å². The molecule has 0 radical (unpaired) electrons. The number of rotatable bonds is 4. The maximum Gasteiger partial charge on any atom is 0.181 e. The molecule has 1 aromatic carbocycles. The van der Waals surface area contributed by atoms with E-state index in [0.29, 0.717) is 15.6 Å². The number of carbonyl (C=O) groups excluding carboxylic acids is 1. The predicted octanol–water partition coefficient (Wildman–Crippen LogP) is 3.80. The van der Waals surface area contributed by atoms with E-state index >= 15 is 0 Å². The summed E-state index contributed by atoms with van der Waals surface area (Å²) in [5.74, 6) is -0.954. The van der Waals surface area contributed by atoms with Gasteiger partial charge in [0.25, 0.3) is 0 Å². The zero-order valence-electron chi connectivity index (χ0n) is 9.71. The molecule has 17 heavy (non-hydrogen) atoms. The fourth-order valence-electron chi connectivity index (χ4n) is 1.57. The van der Waals surface area contributed by atoms with Crippen molar-refractivity contribution in [1.29, 1.82) is 5.26 Å². The third kappa shape index (κ3) is 3.77. The summed E-state index contributed by atoms with van der Waals surface area (Å²) in [6, 6.07) is 6.03. The Morgan fingerprint density at radius 1 is 1.53 bits per heavy atom. The van der Waals surface area contributed by atoms with Crippen molar-refractivity contribution in [2.24, 2.45) is 11.8 Å². The summed E-state index contributed by atoms with van der Waals surface area (Å²) in [6.07, 6.45) is 0.531. The molecule has 2 nitrogen and oxygen atoms in total. The highest BCUT2D eigenvalue weighted by Gasteiger charge is 2.22. The second-order valence-corrected chi connectivity index (χ2v) is 5.46. The van der Waals surface area contributed by atoms with E-state index in [1.54, 1.807) is 0 Å². The molecular formula is C13H13FINO. The normalized spacial score (nSPS) is 12.2. The number of hydrogen-bond donors (Lipinski definition) is 0. The Bertz CT molecular complexity index is 465. The molecule has 1 aromatic rings. The van der Waals surface area contributed by atoms with E-state index in [1.165, 1.54) is 18.2 Å². The Labute approximate surface area is 114 Å². The van der Waals surface area contributed by atoms with Crippen LogP contribution in [0.25, 0.3) is 0 Å². The summed E-state index contributed by atoms with van der Waals surface area (Å²) in [6.45, 7) is 3.93. The molecule has 0 heterocycles. The second kappa shape index (κ2) is 6.10. The first kappa shape index (κ1) is 14.1. The lowest BCUT2D eigenvalue weighted by Crippen LogP contribution is -2.16. The van der Waals surface area contributed by atoms with Gasteiger partial charge in [-0.3, -0.25) is 4.79 Å². The van der Waals surface area contributed by atoms with Crippen molar-refractivity contribution in [3.63, 3.8) is 0 Å². The van der Waals surface area contributed by atoms with E-state index < -0.39 is 5.92 Å². The standard InChI is InChI=1S/C13H13FINO/c1-8(2)5-9(7-16)13(17)11-4-3-10(14)6-12(11)15/h3-4,6,8-9H,5H2,1-2H3. The maximum atomic E-state index is 12.9. The summed E-state index contributed by atoms with van der Waals surface area (Å²) in [7, 11) is 0. The van der Waals surface area contributed by atoms with Crippen LogP contribution in [0.3, 0.4) is 0 Å². The average molecular weight is 345 g/mol. The molecule has 0 saturated heterocycles. The van der Waals surface area contributed by atoms with Gasteiger partial charge in [-0.25, -0.2) is 4.39 Å². The van der Waals surface area contributed by atoms with Crippen LogP contribution in [-0.2, 0) is 0 Å². The van der Waals surface area contributed by atoms with Crippen molar-refractivity contribution in [3.8, 4) is 6.07 Å². The van der Waals surface area contributed by atoms with E-state index in [4.69, 9.17) is 5.26 Å². The number of hydrogen-bond acceptors (Lipinski definition) is 2. The van der Waals surface area contributed by atoms with Crippen LogP contribution in [0.1, 0.15) is 30.6 Å². The molecule has 0 aliphatic heterocycles. The monoisotopic (exact) mass is 345 g/mol. The van der Waals surface area contributed by atoms with Gasteiger partial charge in [-0.1, -0.05) is 13.8 Å². The highest BCUT2D eigenvalue weighted by atomic mass is 127. The lowest BCUT2D eigenvalue weighted by molar-refractivity contribution is 0.0936. The van der Waals surface area contributed by atoms with Crippen molar-refractivity contribution in [2.75, 3.05) is 0 Å². The van der Waals surface area contributed by atoms with Gasteiger partial charge < -0.3 is 0 Å². The number of benzene rings is 1. The molecule has 0 bridgehead atoms. The van der Waals surface area contributed by atoms with E-state index in [1.807, 2.05) is 42.5 Å². The Hall–Kier alpha value is -0.960. The first-order valence-corrected chi connectivity index (χ1v) is 6.42. The molecule has 0 aliphatic carbocycles. The molecule has 0 fully saturated rings. The van der Waals surface area contributed by atoms with Crippen LogP contribution in [0.15, 0.2) is 18.2 Å². The number of ketones is 1. The van der Waals surface area contributed by atoms with Crippen molar-refractivity contribution in [1.82, 2.24) is 0 Å². The van der Waals surface area contributed by atoms with Crippen LogP contribution in [0.4, 0.5) is 4.39 Å². The minimum Gasteiger partial charge on any atom is -0.293 e. The fraction of sp³-hybridized carbons (Fsp3) is 0.385. The predicted molar refractivity (Wildman–Crippen MR) is 72.0 cm³/mol. The number of halogens is 2. The number of nitriles is 1. The summed E-state index contributed by atoms with van der Waals surface area (Å²) < 4.78 is 13.5. The highest BCUT2D eigenvalue weighted by Crippen LogP contribution is 2.21. The summed E-state index contributed by atoms with van der Waals surface area (Å²) in [5.41, 5.74) is 0.430. The van der Waals surface area contributed by atoms with Gasteiger partial charge in [-0.05, 0) is 53.1 Å². The molecule has 0 spiro atoms. The van der Waals surface area contributed by atoms with Gasteiger partial charge in [0.1, 0.15) is 11.7 Å². The number of carbonyl (C=O) groups is 1. The Morgan fingerprint density at radius 2 is 2.18 bits per heavy atom. The van der Waals surface area contributed by atoms with Crippen molar-refractivity contribution in [3.05, 3.63) is 33.1 Å². The fourth-order valence-corrected chi connectivity index (χ4v) is 2.31. The lowest BCUT2D eigenvalue weighted by atomic mass is 9.91. The van der Waals surface area contributed by atoms with Crippen molar-refractivity contribution in [2.45, 2.75) is 20.3 Å². The highest BCUT2D eigenvalue weighted by molar-refractivity contribution is 14.1. The smallest absolute Gasteiger partial charge is 0.181 e. The minimum atomic E-state index is -0.644. The van der Waals surface area contributed by atoms with Gasteiger partial charge in [0.15, 0.2) is 5.78 Å². The van der Waals surface area contributed by atoms with Crippen LogP contribution >= 0.6 is 22.6 Å². The molecule has 4 heteroatoms. The summed E-state index contributed by atoms with van der Waals surface area (Å²) in [4.78, 5) is 12.1. The molecule has 0 aliphatic rings. The molecule has 1 rings (SSSR count). The van der Waals surface area contributed by atoms with Crippen molar-refractivity contribution < 1.29 is 9.18 Å². The van der Waals surface area contributed by atoms with Crippen molar-refractivity contribution >= 4 is 28.4 Å². The van der Waals surface area contributed by atoms with E-state index in [2.05, 4.69) is 0 Å². The van der Waals surface area contributed by atoms with Gasteiger partial charge in [0.05, 0.1) is 6.07 Å². The Balaban J connectivity index is 2.99. The lowest BCUT2D eigenvalue weighted by Gasteiger charge is -2.11. The number of Topliss-reactive ketones (excluding diaryl/α,β-unsaturated/α-hetero) is 1. The van der Waals surface area contributed by atoms with Gasteiger partial charge >= 0.3 is 0 Å². The molecule has 0 N–H and O–H groups in total. The van der Waals surface area contributed by atoms with Crippen LogP contribution < -0.4 is 0 Å². The molecule has 0 amide bonds. The molecular weight excluding hydrogens is 332 g/mol. The van der Waals surface area contributed by atoms with Gasteiger partial charge in [0, 0.05) is 9.13 Å². The quantitative estimate of drug-likeness (QED) is 0.615. The minimum absolute atomic E-state index is 0.217. The first-order chi connectivity index (χ1) is 7.95. The summed E-state index contributed by atoms with van der Waals surface area (Å²) >= 11 is 1.91. The topological polar surface area (TPSA) is 40.9 Å². The van der Waals surface area contributed by atoms with E-state index in [0.717, 1.165) is 0 Å². The molecule has 0 aromatic heterocycles. The van der Waals surface area contributed by atoms with Gasteiger partial charge in [-0.2, -0.15) is 5.26 Å². The SMILES string of the molecule is CC(C)CC(C#N)C(=O)c1ccc(F)cc1I. The van der Waals surface area contributed by atoms with Crippen LogP contribution in [0.5, 0.6) is 0 Å². The zero-order valence-corrected chi connectivity index (χ0v) is 11.9. The average Bonchev–Trinajstić information content (AvgIpc) is 2.24. The largest absolute Gasteiger partial charge is 0.293 e. The third-order valence-electron chi connectivity index (χ3n) is 2.38. The molecule has 1 unspecified atom stereocenters. The third-order valence-corrected chi connectivity index (χ3v) is 3.27. The van der Waals surface area contributed by atoms with Gasteiger partial charge in [-0.15, -0.1) is 0 Å². The summed E-state index contributed by atoms with van der Waals surface area (Å²) in [5, 5.41) is 9.00. The first-order valence-electron chi connectivity index (χ1n) is 5.34. The van der Waals surface area contributed by atoms with E-state index in [9.17, 15) is 9.18 Å². The maximum absolute atomic E-state index is 12.9. The molecule has 90 valence electrons. The van der Waals surface area contributed by atoms with E-state index in [-0.39, 0.29) is 17.5 Å².